The highest BCUT2D eigenvalue weighted by Crippen LogP contribution is 2.28. The molecule has 0 aliphatic heterocycles. The summed E-state index contributed by atoms with van der Waals surface area (Å²) in [4.78, 5) is 12.8. The van der Waals surface area contributed by atoms with Gasteiger partial charge < -0.3 is 9.88 Å². The van der Waals surface area contributed by atoms with Gasteiger partial charge in [0.05, 0.1) is 10.6 Å². The number of anilines is 1. The number of hydrogen-bond acceptors (Lipinski definition) is 8. The second kappa shape index (κ2) is 9.13. The van der Waals surface area contributed by atoms with Gasteiger partial charge >= 0.3 is 0 Å². The Morgan fingerprint density at radius 1 is 1.30 bits per heavy atom. The molecule has 2 aromatic heterocycles. The van der Waals surface area contributed by atoms with Gasteiger partial charge in [-0.15, -0.1) is 16.8 Å². The number of nitrogens with two attached hydrogens (primary N) is 1. The first kappa shape index (κ1) is 22.2. The summed E-state index contributed by atoms with van der Waals surface area (Å²) in [6, 6.07) is 8.08. The number of thioether (sulfide) groups is 1. The lowest BCUT2D eigenvalue weighted by Gasteiger charge is -2.10. The fraction of sp³-hybridized carbons (Fsp3) is 0.211. The van der Waals surface area contributed by atoms with Gasteiger partial charge in [-0.2, -0.15) is 0 Å². The van der Waals surface area contributed by atoms with Crippen molar-refractivity contribution < 1.29 is 13.2 Å². The van der Waals surface area contributed by atoms with Gasteiger partial charge in [0.15, 0.2) is 10.1 Å². The fourth-order valence-electron chi connectivity index (χ4n) is 2.93. The number of sulfonamides is 1. The zero-order valence-corrected chi connectivity index (χ0v) is 18.9. The van der Waals surface area contributed by atoms with E-state index in [1.165, 1.54) is 35.2 Å². The number of primary sulfonamides is 1. The van der Waals surface area contributed by atoms with Gasteiger partial charge in [-0.3, -0.25) is 4.79 Å². The molecule has 30 heavy (non-hydrogen) atoms. The lowest BCUT2D eigenvalue weighted by atomic mass is 10.2. The number of carbonyl (C=O) groups is 1. The summed E-state index contributed by atoms with van der Waals surface area (Å²) in [6.45, 7) is 8.00. The number of Topliss-reactive ketones (excluding diaryl/α,β-unsaturated/α-hetero) is 1. The van der Waals surface area contributed by atoms with E-state index in [1.807, 2.05) is 24.5 Å². The van der Waals surface area contributed by atoms with Crippen LogP contribution in [0.15, 0.2) is 52.2 Å². The maximum absolute atomic E-state index is 12.8. The molecule has 3 N–H and O–H groups in total. The third kappa shape index (κ3) is 4.98. The summed E-state index contributed by atoms with van der Waals surface area (Å²) in [5, 5.41) is 17.0. The Hall–Kier alpha value is -2.47. The Morgan fingerprint density at radius 3 is 2.63 bits per heavy atom. The van der Waals surface area contributed by atoms with Crippen molar-refractivity contribution in [1.29, 1.82) is 0 Å². The molecule has 158 valence electrons. The van der Waals surface area contributed by atoms with Gasteiger partial charge in [0, 0.05) is 29.2 Å². The van der Waals surface area contributed by atoms with Crippen molar-refractivity contribution >= 4 is 44.0 Å². The molecule has 0 amide bonds. The molecule has 0 fully saturated rings. The predicted octanol–water partition coefficient (Wildman–Crippen LogP) is 3.17. The normalized spacial score (nSPS) is 11.4. The number of hydrogen-bond donors (Lipinski definition) is 2. The summed E-state index contributed by atoms with van der Waals surface area (Å²) in [6.07, 6.45) is 1.73. The standard InChI is InChI=1S/C19H21N5O3S3/c1-4-9-21-18-22-23-19(29-18)28-11-17(25)16-10-12(2)24(13(16)3)14-5-7-15(8-6-14)30(20,26)27/h4-8,10H,1,9,11H2,2-3H3,(H,21,22)(H2,20,26,27). The van der Waals surface area contributed by atoms with Crippen LogP contribution in [0.2, 0.25) is 0 Å². The minimum absolute atomic E-state index is 0.0173. The second-order valence-electron chi connectivity index (χ2n) is 6.41. The van der Waals surface area contributed by atoms with Crippen LogP contribution in [0.25, 0.3) is 5.69 Å². The molecule has 3 rings (SSSR count). The lowest BCUT2D eigenvalue weighted by Crippen LogP contribution is -2.12. The van der Waals surface area contributed by atoms with Crippen LogP contribution in [-0.4, -0.2) is 41.3 Å². The molecular weight excluding hydrogens is 442 g/mol. The molecule has 0 radical (unpaired) electrons. The lowest BCUT2D eigenvalue weighted by molar-refractivity contribution is 0.102. The maximum Gasteiger partial charge on any atom is 0.238 e. The number of carbonyl (C=O) groups excluding carboxylic acids is 1. The summed E-state index contributed by atoms with van der Waals surface area (Å²) in [7, 11) is -3.75. The SMILES string of the molecule is C=CCNc1nnc(SCC(=O)c2cc(C)n(-c3ccc(S(N)(=O)=O)cc3)c2C)s1. The molecule has 0 atom stereocenters. The van der Waals surface area contributed by atoms with Gasteiger partial charge in [-0.1, -0.05) is 29.2 Å². The van der Waals surface area contributed by atoms with Gasteiger partial charge in [-0.25, -0.2) is 13.6 Å². The Labute approximate surface area is 183 Å². The molecule has 2 heterocycles. The van der Waals surface area contributed by atoms with E-state index in [4.69, 9.17) is 5.14 Å². The van der Waals surface area contributed by atoms with Crippen LogP contribution in [0.1, 0.15) is 21.7 Å². The van der Waals surface area contributed by atoms with Crippen LogP contribution in [0.4, 0.5) is 5.13 Å². The largest absolute Gasteiger partial charge is 0.357 e. The molecule has 0 unspecified atom stereocenters. The molecule has 1 aromatic carbocycles. The van der Waals surface area contributed by atoms with Crippen LogP contribution in [-0.2, 0) is 10.0 Å². The number of benzene rings is 1. The van der Waals surface area contributed by atoms with Gasteiger partial charge in [-0.05, 0) is 44.2 Å². The Balaban J connectivity index is 1.75. The van der Waals surface area contributed by atoms with E-state index in [1.54, 1.807) is 18.2 Å². The maximum atomic E-state index is 12.8. The number of nitrogens with zero attached hydrogens (tertiary/aromatic N) is 3. The molecule has 0 saturated carbocycles. The highest BCUT2D eigenvalue weighted by molar-refractivity contribution is 8.01. The Morgan fingerprint density at radius 2 is 2.00 bits per heavy atom. The predicted molar refractivity (Wildman–Crippen MR) is 120 cm³/mol. The third-order valence-electron chi connectivity index (χ3n) is 4.29. The number of aromatic nitrogens is 3. The molecule has 0 bridgehead atoms. The van der Waals surface area contributed by atoms with Gasteiger partial charge in [0.1, 0.15) is 0 Å². The van der Waals surface area contributed by atoms with Crippen LogP contribution in [0.5, 0.6) is 0 Å². The first-order chi connectivity index (χ1) is 14.2. The van der Waals surface area contributed by atoms with Gasteiger partial charge in [0.25, 0.3) is 0 Å². The summed E-state index contributed by atoms with van der Waals surface area (Å²) in [5.74, 6) is 0.224. The third-order valence-corrected chi connectivity index (χ3v) is 7.23. The van der Waals surface area contributed by atoms with Crippen LogP contribution in [0.3, 0.4) is 0 Å². The number of rotatable bonds is 9. The highest BCUT2D eigenvalue weighted by atomic mass is 32.2. The Bertz CT molecular complexity index is 1180. The second-order valence-corrected chi connectivity index (χ2v) is 10.2. The molecule has 11 heteroatoms. The number of aryl methyl sites for hydroxylation is 1. The first-order valence-electron chi connectivity index (χ1n) is 8.87. The zero-order valence-electron chi connectivity index (χ0n) is 16.5. The minimum Gasteiger partial charge on any atom is -0.357 e. The molecule has 0 saturated heterocycles. The molecule has 0 aliphatic carbocycles. The van der Waals surface area contributed by atoms with Crippen LogP contribution < -0.4 is 10.5 Å². The van der Waals surface area contributed by atoms with Crippen molar-refractivity contribution in [2.45, 2.75) is 23.1 Å². The van der Waals surface area contributed by atoms with Crippen molar-refractivity contribution in [2.24, 2.45) is 5.14 Å². The summed E-state index contributed by atoms with van der Waals surface area (Å²) >= 11 is 2.73. The first-order valence-corrected chi connectivity index (χ1v) is 12.2. The van der Waals surface area contributed by atoms with E-state index < -0.39 is 10.0 Å². The van der Waals surface area contributed by atoms with Crippen molar-refractivity contribution in [3.05, 3.63) is 59.9 Å². The molecule has 8 nitrogen and oxygen atoms in total. The van der Waals surface area contributed by atoms with Crippen LogP contribution in [0, 0.1) is 13.8 Å². The number of nitrogens with one attached hydrogen (secondary N) is 1. The smallest absolute Gasteiger partial charge is 0.238 e. The van der Waals surface area contributed by atoms with E-state index in [2.05, 4.69) is 22.1 Å². The monoisotopic (exact) mass is 463 g/mol. The minimum atomic E-state index is -3.75. The Kier molecular flexibility index (Phi) is 6.76. The molecular formula is C19H21N5O3S3. The molecule has 0 spiro atoms. The van der Waals surface area contributed by atoms with E-state index >= 15 is 0 Å². The zero-order chi connectivity index (χ0) is 21.9. The number of ketones is 1. The van der Waals surface area contributed by atoms with E-state index in [9.17, 15) is 13.2 Å². The van der Waals surface area contributed by atoms with E-state index in [0.29, 0.717) is 21.6 Å². The quantitative estimate of drug-likeness (QED) is 0.284. The van der Waals surface area contributed by atoms with Crippen molar-refractivity contribution in [2.75, 3.05) is 17.6 Å². The van der Waals surface area contributed by atoms with Crippen molar-refractivity contribution in [1.82, 2.24) is 14.8 Å². The summed E-state index contributed by atoms with van der Waals surface area (Å²) in [5.41, 5.74) is 3.03. The average Bonchev–Trinajstić information content (AvgIpc) is 3.27. The topological polar surface area (TPSA) is 120 Å². The fourth-order valence-corrected chi connectivity index (χ4v) is 5.09. The van der Waals surface area contributed by atoms with E-state index in [-0.39, 0.29) is 16.4 Å². The van der Waals surface area contributed by atoms with Crippen molar-refractivity contribution in [3.63, 3.8) is 0 Å². The van der Waals surface area contributed by atoms with Crippen molar-refractivity contribution in [3.8, 4) is 5.69 Å². The average molecular weight is 464 g/mol. The highest BCUT2D eigenvalue weighted by Gasteiger charge is 2.18. The van der Waals surface area contributed by atoms with E-state index in [0.717, 1.165) is 17.1 Å². The van der Waals surface area contributed by atoms with Gasteiger partial charge in [0.2, 0.25) is 15.2 Å². The van der Waals surface area contributed by atoms with Crippen LogP contribution >= 0.6 is 23.1 Å². The molecule has 3 aromatic rings. The summed E-state index contributed by atoms with van der Waals surface area (Å²) < 4.78 is 25.5. The molecule has 0 aliphatic rings.